The second kappa shape index (κ2) is 7.33. The molecular formula is C17H19NO3. The van der Waals surface area contributed by atoms with E-state index in [1.54, 1.807) is 7.11 Å². The lowest BCUT2D eigenvalue weighted by atomic mass is 10.2. The standard InChI is InChI=1S/C17H19NO3/c1-21-16-9-5-8-15(12-16)18(11-10-17(19)20)13-14-6-3-2-4-7-14/h2-9,12H,10-11,13H2,1H3,(H,19,20). The predicted molar refractivity (Wildman–Crippen MR) is 82.7 cm³/mol. The average molecular weight is 285 g/mol. The summed E-state index contributed by atoms with van der Waals surface area (Å²) in [7, 11) is 1.62. The SMILES string of the molecule is COc1cccc(N(CCC(=O)O)Cc2ccccc2)c1. The van der Waals surface area contributed by atoms with Gasteiger partial charge in [0, 0.05) is 24.8 Å². The highest BCUT2D eigenvalue weighted by Gasteiger charge is 2.10. The summed E-state index contributed by atoms with van der Waals surface area (Å²) in [6, 6.07) is 17.7. The quantitative estimate of drug-likeness (QED) is 0.849. The summed E-state index contributed by atoms with van der Waals surface area (Å²) in [5, 5.41) is 8.92. The van der Waals surface area contributed by atoms with Crippen molar-refractivity contribution in [1.29, 1.82) is 0 Å². The van der Waals surface area contributed by atoms with E-state index in [9.17, 15) is 4.79 Å². The monoisotopic (exact) mass is 285 g/mol. The molecule has 2 aromatic carbocycles. The van der Waals surface area contributed by atoms with E-state index < -0.39 is 5.97 Å². The molecule has 0 fully saturated rings. The third kappa shape index (κ3) is 4.53. The molecule has 0 atom stereocenters. The Morgan fingerprint density at radius 1 is 1.14 bits per heavy atom. The zero-order chi connectivity index (χ0) is 15.1. The number of carbonyl (C=O) groups is 1. The van der Waals surface area contributed by atoms with Gasteiger partial charge < -0.3 is 14.7 Å². The molecule has 4 heteroatoms. The third-order valence-corrected chi connectivity index (χ3v) is 3.23. The van der Waals surface area contributed by atoms with Crippen LogP contribution in [0.3, 0.4) is 0 Å². The summed E-state index contributed by atoms with van der Waals surface area (Å²) in [5.74, 6) is -0.0307. The minimum Gasteiger partial charge on any atom is -0.497 e. The van der Waals surface area contributed by atoms with E-state index in [0.29, 0.717) is 13.1 Å². The van der Waals surface area contributed by atoms with Gasteiger partial charge in [-0.25, -0.2) is 0 Å². The Morgan fingerprint density at radius 2 is 1.90 bits per heavy atom. The fourth-order valence-corrected chi connectivity index (χ4v) is 2.14. The summed E-state index contributed by atoms with van der Waals surface area (Å²) in [5.41, 5.74) is 2.10. The maximum absolute atomic E-state index is 10.9. The molecule has 0 aliphatic carbocycles. The molecule has 2 rings (SSSR count). The molecule has 21 heavy (non-hydrogen) atoms. The number of carboxylic acids is 1. The van der Waals surface area contributed by atoms with Gasteiger partial charge in [0.1, 0.15) is 5.75 Å². The molecule has 2 aromatic rings. The molecule has 0 aliphatic rings. The first-order chi connectivity index (χ1) is 10.2. The topological polar surface area (TPSA) is 49.8 Å². The van der Waals surface area contributed by atoms with Gasteiger partial charge in [-0.15, -0.1) is 0 Å². The van der Waals surface area contributed by atoms with E-state index in [0.717, 1.165) is 17.0 Å². The van der Waals surface area contributed by atoms with Crippen LogP contribution in [0.25, 0.3) is 0 Å². The summed E-state index contributed by atoms with van der Waals surface area (Å²) >= 11 is 0. The Kier molecular flexibility index (Phi) is 5.21. The largest absolute Gasteiger partial charge is 0.497 e. The molecule has 0 unspecified atom stereocenters. The molecule has 0 bridgehead atoms. The Labute approximate surface area is 124 Å². The molecule has 0 saturated carbocycles. The van der Waals surface area contributed by atoms with Crippen molar-refractivity contribution >= 4 is 11.7 Å². The third-order valence-electron chi connectivity index (χ3n) is 3.23. The van der Waals surface area contributed by atoms with Crippen LogP contribution < -0.4 is 9.64 Å². The lowest BCUT2D eigenvalue weighted by Crippen LogP contribution is -2.25. The first-order valence-corrected chi connectivity index (χ1v) is 6.84. The van der Waals surface area contributed by atoms with Crippen LogP contribution >= 0.6 is 0 Å². The van der Waals surface area contributed by atoms with Crippen LogP contribution in [-0.4, -0.2) is 24.7 Å². The number of hydrogen-bond donors (Lipinski definition) is 1. The van der Waals surface area contributed by atoms with E-state index in [1.165, 1.54) is 0 Å². The van der Waals surface area contributed by atoms with Gasteiger partial charge >= 0.3 is 5.97 Å². The van der Waals surface area contributed by atoms with Gasteiger partial charge in [0.15, 0.2) is 0 Å². The second-order valence-corrected chi connectivity index (χ2v) is 4.75. The van der Waals surface area contributed by atoms with Crippen molar-refractivity contribution in [3.63, 3.8) is 0 Å². The van der Waals surface area contributed by atoms with Crippen molar-refractivity contribution < 1.29 is 14.6 Å². The average Bonchev–Trinajstić information content (AvgIpc) is 2.52. The second-order valence-electron chi connectivity index (χ2n) is 4.75. The van der Waals surface area contributed by atoms with Gasteiger partial charge in [0.25, 0.3) is 0 Å². The number of rotatable bonds is 7. The molecule has 0 aromatic heterocycles. The smallest absolute Gasteiger partial charge is 0.305 e. The molecule has 0 radical (unpaired) electrons. The minimum atomic E-state index is -0.795. The highest BCUT2D eigenvalue weighted by Crippen LogP contribution is 2.23. The van der Waals surface area contributed by atoms with Gasteiger partial charge in [-0.3, -0.25) is 4.79 Å². The number of carboxylic acid groups (broad SMARTS) is 1. The zero-order valence-electron chi connectivity index (χ0n) is 12.0. The molecule has 110 valence electrons. The van der Waals surface area contributed by atoms with Gasteiger partial charge in [-0.2, -0.15) is 0 Å². The Bertz CT molecular complexity index is 584. The summed E-state index contributed by atoms with van der Waals surface area (Å²) in [6.07, 6.45) is 0.101. The Morgan fingerprint density at radius 3 is 2.57 bits per heavy atom. The molecule has 4 nitrogen and oxygen atoms in total. The fraction of sp³-hybridized carbons (Fsp3) is 0.235. The van der Waals surface area contributed by atoms with Crippen molar-refractivity contribution in [3.05, 3.63) is 60.2 Å². The Hall–Kier alpha value is -2.49. The van der Waals surface area contributed by atoms with E-state index in [4.69, 9.17) is 9.84 Å². The van der Waals surface area contributed by atoms with Crippen LogP contribution in [0.15, 0.2) is 54.6 Å². The molecule has 0 amide bonds. The normalized spacial score (nSPS) is 10.1. The molecule has 0 aliphatic heterocycles. The van der Waals surface area contributed by atoms with Crippen LogP contribution in [0.2, 0.25) is 0 Å². The van der Waals surface area contributed by atoms with E-state index in [-0.39, 0.29) is 6.42 Å². The highest BCUT2D eigenvalue weighted by molar-refractivity contribution is 5.67. The van der Waals surface area contributed by atoms with Crippen LogP contribution in [0.4, 0.5) is 5.69 Å². The first-order valence-electron chi connectivity index (χ1n) is 6.84. The van der Waals surface area contributed by atoms with E-state index >= 15 is 0 Å². The van der Waals surface area contributed by atoms with Crippen molar-refractivity contribution in [2.24, 2.45) is 0 Å². The van der Waals surface area contributed by atoms with Crippen LogP contribution in [0.1, 0.15) is 12.0 Å². The lowest BCUT2D eigenvalue weighted by Gasteiger charge is -2.24. The highest BCUT2D eigenvalue weighted by atomic mass is 16.5. The van der Waals surface area contributed by atoms with E-state index in [1.807, 2.05) is 59.5 Å². The summed E-state index contributed by atoms with van der Waals surface area (Å²) in [6.45, 7) is 1.12. The van der Waals surface area contributed by atoms with Crippen molar-refractivity contribution in [2.45, 2.75) is 13.0 Å². The van der Waals surface area contributed by atoms with Crippen LogP contribution in [0.5, 0.6) is 5.75 Å². The molecule has 1 N–H and O–H groups in total. The van der Waals surface area contributed by atoms with Gasteiger partial charge in [0.2, 0.25) is 0 Å². The molecular weight excluding hydrogens is 266 g/mol. The first kappa shape index (κ1) is 14.9. The van der Waals surface area contributed by atoms with Gasteiger partial charge in [0.05, 0.1) is 13.5 Å². The van der Waals surface area contributed by atoms with Crippen LogP contribution in [-0.2, 0) is 11.3 Å². The maximum Gasteiger partial charge on any atom is 0.305 e. The van der Waals surface area contributed by atoms with E-state index in [2.05, 4.69) is 0 Å². The maximum atomic E-state index is 10.9. The van der Waals surface area contributed by atoms with Crippen LogP contribution in [0, 0.1) is 0 Å². The fourth-order valence-electron chi connectivity index (χ4n) is 2.14. The number of ether oxygens (including phenoxy) is 1. The summed E-state index contributed by atoms with van der Waals surface area (Å²) < 4.78 is 5.24. The summed E-state index contributed by atoms with van der Waals surface area (Å²) in [4.78, 5) is 12.9. The number of nitrogens with zero attached hydrogens (tertiary/aromatic N) is 1. The predicted octanol–water partition coefficient (Wildman–Crippen LogP) is 3.18. The van der Waals surface area contributed by atoms with Crippen molar-refractivity contribution in [3.8, 4) is 5.75 Å². The lowest BCUT2D eigenvalue weighted by molar-refractivity contribution is -0.136. The number of aliphatic carboxylic acids is 1. The van der Waals surface area contributed by atoms with Crippen molar-refractivity contribution in [2.75, 3.05) is 18.6 Å². The zero-order valence-corrected chi connectivity index (χ0v) is 12.0. The van der Waals surface area contributed by atoms with Crippen molar-refractivity contribution in [1.82, 2.24) is 0 Å². The van der Waals surface area contributed by atoms with Gasteiger partial charge in [-0.1, -0.05) is 36.4 Å². The number of methoxy groups -OCH3 is 1. The minimum absolute atomic E-state index is 0.101. The number of benzene rings is 2. The molecule has 0 spiro atoms. The number of anilines is 1. The molecule has 0 saturated heterocycles. The number of hydrogen-bond acceptors (Lipinski definition) is 3. The van der Waals surface area contributed by atoms with Gasteiger partial charge in [-0.05, 0) is 17.7 Å². The molecule has 0 heterocycles. The Balaban J connectivity index is 2.20.